The maximum absolute atomic E-state index is 10.4. The minimum Gasteiger partial charge on any atom is -0.309 e. The zero-order valence-corrected chi connectivity index (χ0v) is 27.1. The van der Waals surface area contributed by atoms with Gasteiger partial charge in [0.1, 0.15) is 0 Å². The van der Waals surface area contributed by atoms with Gasteiger partial charge in [0.25, 0.3) is 0 Å². The zero-order valence-electron chi connectivity index (χ0n) is 26.1. The third kappa shape index (κ3) is 4.48. The lowest BCUT2D eigenvalue weighted by molar-refractivity contribution is 1.18. The van der Waals surface area contributed by atoms with Crippen LogP contribution in [0.4, 0.5) is 5.69 Å². The molecule has 0 aliphatic carbocycles. The second kappa shape index (κ2) is 12.0. The van der Waals surface area contributed by atoms with Crippen LogP contribution >= 0.6 is 0 Å². The molecule has 0 aliphatic rings. The molecule has 0 bridgehead atoms. The summed E-state index contributed by atoms with van der Waals surface area (Å²) >= 11 is 0. The van der Waals surface area contributed by atoms with E-state index < -0.39 is 8.07 Å². The zero-order chi connectivity index (χ0) is 32.5. The minimum absolute atomic E-state index is 0.469. The second-order valence-corrected chi connectivity index (χ2v) is 15.6. The van der Waals surface area contributed by atoms with E-state index in [-0.39, 0.29) is 0 Å². The molecule has 8 rings (SSSR count). The number of fused-ring (bicyclic) bond motifs is 3. The lowest BCUT2D eigenvalue weighted by Crippen LogP contribution is -2.75. The first-order valence-electron chi connectivity index (χ1n) is 16.0. The summed E-state index contributed by atoms with van der Waals surface area (Å²) in [6.45, 7) is 8.55. The van der Waals surface area contributed by atoms with Gasteiger partial charge in [0.15, 0.2) is 13.8 Å². The van der Waals surface area contributed by atoms with E-state index in [4.69, 9.17) is 6.57 Å². The summed E-state index contributed by atoms with van der Waals surface area (Å²) in [7, 11) is -3.14. The molecule has 1 aromatic heterocycles. The third-order valence-electron chi connectivity index (χ3n) is 9.39. The smallest absolute Gasteiger partial charge is 0.196 e. The quantitative estimate of drug-likeness (QED) is 0.104. The van der Waals surface area contributed by atoms with Crippen molar-refractivity contribution >= 4 is 56.3 Å². The van der Waals surface area contributed by atoms with Crippen LogP contribution in [0, 0.1) is 17.9 Å². The fourth-order valence-corrected chi connectivity index (χ4v) is 12.5. The molecule has 0 saturated heterocycles. The summed E-state index contributed by atoms with van der Waals surface area (Å²) in [6, 6.07) is 63.7. The van der Waals surface area contributed by atoms with E-state index in [0.717, 1.165) is 33.0 Å². The van der Waals surface area contributed by atoms with Gasteiger partial charge in [-0.05, 0) is 62.2 Å². The van der Waals surface area contributed by atoms with E-state index in [0.29, 0.717) is 11.3 Å². The van der Waals surface area contributed by atoms with Gasteiger partial charge in [0, 0.05) is 16.3 Å². The summed E-state index contributed by atoms with van der Waals surface area (Å²) in [6.07, 6.45) is 0. The number of hydrogen-bond donors (Lipinski definition) is 0. The Bertz CT molecular complexity index is 2370. The van der Waals surface area contributed by atoms with Gasteiger partial charge >= 0.3 is 0 Å². The SMILES string of the molecule is [C-]#[N+]c1cc(C#N)cc([Si](c2ccccc2)(c2ccccc2)c2ccccc2)c1-c1ccccc1-n1c2ccccc2c2ccccc21. The number of nitrogens with zero attached hydrogens (tertiary/aromatic N) is 3. The summed E-state index contributed by atoms with van der Waals surface area (Å²) in [5.74, 6) is 0. The first-order chi connectivity index (χ1) is 23.8. The molecule has 48 heavy (non-hydrogen) atoms. The van der Waals surface area contributed by atoms with Crippen LogP contribution in [0.1, 0.15) is 5.56 Å². The van der Waals surface area contributed by atoms with E-state index in [1.54, 1.807) is 6.07 Å². The Kier molecular flexibility index (Phi) is 7.27. The van der Waals surface area contributed by atoms with E-state index in [1.807, 2.05) is 18.2 Å². The summed E-state index contributed by atoms with van der Waals surface area (Å²) in [5.41, 5.74) is 5.96. The van der Waals surface area contributed by atoms with E-state index in [9.17, 15) is 5.26 Å². The van der Waals surface area contributed by atoms with Crippen LogP contribution in [-0.2, 0) is 0 Å². The van der Waals surface area contributed by atoms with Crippen molar-refractivity contribution in [1.29, 1.82) is 5.26 Å². The maximum Gasteiger partial charge on any atom is 0.196 e. The normalized spacial score (nSPS) is 11.3. The summed E-state index contributed by atoms with van der Waals surface area (Å²) in [5, 5.41) is 17.3. The summed E-state index contributed by atoms with van der Waals surface area (Å²) in [4.78, 5) is 4.17. The molecule has 3 nitrogen and oxygen atoms in total. The predicted octanol–water partition coefficient (Wildman–Crippen LogP) is 8.25. The maximum atomic E-state index is 10.4. The van der Waals surface area contributed by atoms with Crippen LogP contribution in [0.25, 0.3) is 43.5 Å². The number of nitriles is 1. The second-order valence-electron chi connectivity index (χ2n) is 11.9. The van der Waals surface area contributed by atoms with Crippen molar-refractivity contribution in [2.45, 2.75) is 0 Å². The molecule has 0 saturated carbocycles. The van der Waals surface area contributed by atoms with Crippen LogP contribution in [0.3, 0.4) is 0 Å². The van der Waals surface area contributed by atoms with E-state index in [1.165, 1.54) is 26.3 Å². The van der Waals surface area contributed by atoms with Crippen molar-refractivity contribution in [3.63, 3.8) is 0 Å². The molecule has 0 unspecified atom stereocenters. The minimum atomic E-state index is -3.14. The molecule has 0 N–H and O–H groups in total. The van der Waals surface area contributed by atoms with Gasteiger partial charge in [0.05, 0.1) is 29.4 Å². The highest BCUT2D eigenvalue weighted by Gasteiger charge is 2.44. The molecular weight excluding hydrogens is 599 g/mol. The average Bonchev–Trinajstić information content (AvgIpc) is 3.50. The lowest BCUT2D eigenvalue weighted by atomic mass is 9.99. The Morgan fingerprint density at radius 1 is 0.542 bits per heavy atom. The molecule has 7 aromatic carbocycles. The molecule has 1 heterocycles. The number of benzene rings is 7. The van der Waals surface area contributed by atoms with Crippen molar-refractivity contribution in [1.82, 2.24) is 4.57 Å². The molecule has 0 aliphatic heterocycles. The number of rotatable bonds is 6. The Morgan fingerprint density at radius 3 is 1.50 bits per heavy atom. The Hall–Kier alpha value is -6.46. The van der Waals surface area contributed by atoms with Crippen molar-refractivity contribution in [2.24, 2.45) is 0 Å². The molecule has 0 amide bonds. The van der Waals surface area contributed by atoms with E-state index >= 15 is 0 Å². The van der Waals surface area contributed by atoms with Crippen LogP contribution in [0.2, 0.25) is 0 Å². The van der Waals surface area contributed by atoms with Crippen LogP contribution in [0.15, 0.2) is 176 Å². The average molecular weight is 628 g/mol. The Labute approximate surface area is 281 Å². The third-order valence-corrected chi connectivity index (χ3v) is 14.2. The summed E-state index contributed by atoms with van der Waals surface area (Å²) < 4.78 is 2.33. The predicted molar refractivity (Wildman–Crippen MR) is 201 cm³/mol. The number of hydrogen-bond acceptors (Lipinski definition) is 1. The Balaban J connectivity index is 1.58. The molecule has 8 aromatic rings. The van der Waals surface area contributed by atoms with Gasteiger partial charge in [-0.3, -0.25) is 0 Å². The largest absolute Gasteiger partial charge is 0.309 e. The highest BCUT2D eigenvalue weighted by Crippen LogP contribution is 2.39. The standard InChI is InChI=1S/C44H29N3Si/c1-46-39-29-32(31-45)30-43(48(33-17-5-2-6-18-33,34-19-7-3-8-20-34)35-21-9-4-10-22-35)44(39)38-25-13-16-28-42(38)47-40-26-14-11-23-36(40)37-24-12-15-27-41(37)47/h2-30H. The van der Waals surface area contributed by atoms with Crippen molar-refractivity contribution in [3.8, 4) is 22.9 Å². The lowest BCUT2D eigenvalue weighted by Gasteiger charge is -2.37. The Morgan fingerprint density at radius 2 is 1.00 bits per heavy atom. The van der Waals surface area contributed by atoms with Crippen LogP contribution in [0.5, 0.6) is 0 Å². The number of para-hydroxylation sites is 3. The van der Waals surface area contributed by atoms with Gasteiger partial charge < -0.3 is 4.57 Å². The van der Waals surface area contributed by atoms with Crippen molar-refractivity contribution in [2.75, 3.05) is 0 Å². The molecule has 0 atom stereocenters. The fraction of sp³-hybridized carbons (Fsp3) is 0. The molecule has 224 valence electrons. The monoisotopic (exact) mass is 627 g/mol. The first-order valence-corrected chi connectivity index (χ1v) is 18.0. The van der Waals surface area contributed by atoms with Crippen LogP contribution in [-0.4, -0.2) is 12.6 Å². The highest BCUT2D eigenvalue weighted by molar-refractivity contribution is 7.20. The van der Waals surface area contributed by atoms with Gasteiger partial charge in [0.2, 0.25) is 0 Å². The molecule has 0 radical (unpaired) electrons. The molecule has 4 heteroatoms. The molecule has 0 fully saturated rings. The van der Waals surface area contributed by atoms with Crippen molar-refractivity contribution in [3.05, 3.63) is 193 Å². The first kappa shape index (κ1) is 29.0. The van der Waals surface area contributed by atoms with Gasteiger partial charge in [-0.1, -0.05) is 146 Å². The molecule has 0 spiro atoms. The highest BCUT2D eigenvalue weighted by atomic mass is 28.3. The van der Waals surface area contributed by atoms with E-state index in [2.05, 4.69) is 167 Å². The van der Waals surface area contributed by atoms with Crippen LogP contribution < -0.4 is 20.7 Å². The molecular formula is C44H29N3Si. The van der Waals surface area contributed by atoms with Crippen molar-refractivity contribution < 1.29 is 0 Å². The van der Waals surface area contributed by atoms with Gasteiger partial charge in [-0.2, -0.15) is 5.26 Å². The van der Waals surface area contributed by atoms with Gasteiger partial charge in [-0.25, -0.2) is 4.85 Å². The fourth-order valence-electron chi connectivity index (χ4n) is 7.45. The number of aromatic nitrogens is 1. The topological polar surface area (TPSA) is 33.1 Å². The van der Waals surface area contributed by atoms with Gasteiger partial charge in [-0.15, -0.1) is 0 Å².